The molecule has 0 radical (unpaired) electrons. The van der Waals surface area contributed by atoms with Crippen molar-refractivity contribution in [2.45, 2.75) is 39.0 Å². The van der Waals surface area contributed by atoms with Gasteiger partial charge in [0, 0.05) is 18.2 Å². The van der Waals surface area contributed by atoms with Crippen LogP contribution in [-0.4, -0.2) is 18.0 Å². The molecule has 3 aromatic carbocycles. The van der Waals surface area contributed by atoms with E-state index in [1.165, 1.54) is 30.3 Å². The summed E-state index contributed by atoms with van der Waals surface area (Å²) in [5.74, 6) is -1.11. The van der Waals surface area contributed by atoms with Gasteiger partial charge < -0.3 is 22.1 Å². The number of rotatable bonds is 7. The van der Waals surface area contributed by atoms with E-state index in [0.29, 0.717) is 18.5 Å². The first-order valence-corrected chi connectivity index (χ1v) is 10.9. The minimum atomic E-state index is -0.647. The minimum absolute atomic E-state index is 0.175. The van der Waals surface area contributed by atoms with Gasteiger partial charge in [0.25, 0.3) is 5.91 Å². The van der Waals surface area contributed by atoms with E-state index in [9.17, 15) is 13.6 Å². The molecule has 0 heterocycles. The second kappa shape index (κ2) is 11.5. The number of amides is 1. The quantitative estimate of drug-likeness (QED) is 0.241. The van der Waals surface area contributed by atoms with Crippen LogP contribution in [0.4, 0.5) is 8.78 Å². The third-order valence-electron chi connectivity index (χ3n) is 5.45. The predicted molar refractivity (Wildman–Crippen MR) is 130 cm³/mol. The Bertz CT molecular complexity index is 1160. The summed E-state index contributed by atoms with van der Waals surface area (Å²) >= 11 is 0. The van der Waals surface area contributed by atoms with Crippen molar-refractivity contribution >= 4 is 11.9 Å². The van der Waals surface area contributed by atoms with Gasteiger partial charge in [-0.15, -0.1) is 0 Å². The molecule has 0 aliphatic carbocycles. The summed E-state index contributed by atoms with van der Waals surface area (Å²) in [7, 11) is 0. The highest BCUT2D eigenvalue weighted by atomic mass is 19.1. The average Bonchev–Trinajstić information content (AvgIpc) is 2.80. The van der Waals surface area contributed by atoms with Crippen LogP contribution in [0, 0.1) is 25.5 Å². The standard InChI is InChI=1S/C26H29F2N5O/c1-16-5-3-4-6-20(16)15-31-26(33-25(34)19-9-12-22(28)17(2)13-19)32-24(30)14-23(29)18-7-10-21(27)11-8-18/h3-13,23-24H,14-15,29-30H2,1-2H3,(H2,31,32,33,34). The molecule has 3 aromatic rings. The molecule has 178 valence electrons. The van der Waals surface area contributed by atoms with Gasteiger partial charge in [-0.2, -0.15) is 4.99 Å². The lowest BCUT2D eigenvalue weighted by Crippen LogP contribution is -2.49. The van der Waals surface area contributed by atoms with Crippen molar-refractivity contribution in [1.82, 2.24) is 10.6 Å². The monoisotopic (exact) mass is 465 g/mol. The van der Waals surface area contributed by atoms with Crippen LogP contribution < -0.4 is 22.1 Å². The molecule has 0 aromatic heterocycles. The molecule has 3 rings (SSSR count). The van der Waals surface area contributed by atoms with Crippen LogP contribution in [-0.2, 0) is 6.54 Å². The van der Waals surface area contributed by atoms with Gasteiger partial charge in [-0.05, 0) is 72.9 Å². The van der Waals surface area contributed by atoms with Crippen molar-refractivity contribution in [3.63, 3.8) is 0 Å². The summed E-state index contributed by atoms with van der Waals surface area (Å²) in [6.07, 6.45) is -0.341. The number of carbonyl (C=O) groups is 1. The Kier molecular flexibility index (Phi) is 8.45. The summed E-state index contributed by atoms with van der Waals surface area (Å²) < 4.78 is 26.8. The number of aryl methyl sites for hydroxylation is 2. The largest absolute Gasteiger partial charge is 0.352 e. The van der Waals surface area contributed by atoms with E-state index in [1.807, 2.05) is 31.2 Å². The zero-order valence-corrected chi connectivity index (χ0v) is 19.2. The number of guanidine groups is 1. The molecule has 0 saturated carbocycles. The summed E-state index contributed by atoms with van der Waals surface area (Å²) in [6, 6.07) is 17.3. The smallest absolute Gasteiger partial charge is 0.280 e. The van der Waals surface area contributed by atoms with E-state index in [1.54, 1.807) is 19.1 Å². The van der Waals surface area contributed by atoms with Gasteiger partial charge in [0.15, 0.2) is 0 Å². The molecule has 6 nitrogen and oxygen atoms in total. The Morgan fingerprint density at radius 3 is 2.35 bits per heavy atom. The van der Waals surface area contributed by atoms with Crippen LogP contribution in [0.1, 0.15) is 45.1 Å². The van der Waals surface area contributed by atoms with Crippen LogP contribution >= 0.6 is 0 Å². The third kappa shape index (κ3) is 6.94. The number of aliphatic imine (C=N–C) groups is 1. The predicted octanol–water partition coefficient (Wildman–Crippen LogP) is 3.83. The van der Waals surface area contributed by atoms with E-state index in [2.05, 4.69) is 15.6 Å². The van der Waals surface area contributed by atoms with E-state index >= 15 is 0 Å². The normalized spacial score (nSPS) is 13.3. The van der Waals surface area contributed by atoms with Crippen LogP contribution in [0.5, 0.6) is 0 Å². The third-order valence-corrected chi connectivity index (χ3v) is 5.45. The van der Waals surface area contributed by atoms with Gasteiger partial charge >= 0.3 is 0 Å². The number of carbonyl (C=O) groups excluding carboxylic acids is 1. The van der Waals surface area contributed by atoms with Crippen molar-refractivity contribution in [2.75, 3.05) is 0 Å². The molecule has 0 spiro atoms. The molecular formula is C26H29F2N5O. The van der Waals surface area contributed by atoms with Crippen molar-refractivity contribution in [2.24, 2.45) is 16.5 Å². The molecule has 0 aliphatic rings. The molecule has 0 bridgehead atoms. The van der Waals surface area contributed by atoms with Crippen molar-refractivity contribution in [3.05, 3.63) is 106 Å². The number of hydrogen-bond acceptors (Lipinski definition) is 3. The highest BCUT2D eigenvalue weighted by Gasteiger charge is 2.15. The van der Waals surface area contributed by atoms with Crippen molar-refractivity contribution < 1.29 is 13.6 Å². The summed E-state index contributed by atoms with van der Waals surface area (Å²) in [5.41, 5.74) is 15.9. The van der Waals surface area contributed by atoms with Crippen molar-refractivity contribution in [3.8, 4) is 0 Å². The molecule has 8 heteroatoms. The van der Waals surface area contributed by atoms with Gasteiger partial charge in [0.1, 0.15) is 11.6 Å². The molecule has 6 N–H and O–H groups in total. The lowest BCUT2D eigenvalue weighted by atomic mass is 10.0. The molecule has 0 fully saturated rings. The first-order chi connectivity index (χ1) is 16.2. The first kappa shape index (κ1) is 25.0. The van der Waals surface area contributed by atoms with E-state index in [0.717, 1.165) is 16.7 Å². The van der Waals surface area contributed by atoms with Crippen LogP contribution in [0.2, 0.25) is 0 Å². The molecule has 34 heavy (non-hydrogen) atoms. The fourth-order valence-corrected chi connectivity index (χ4v) is 3.41. The highest BCUT2D eigenvalue weighted by molar-refractivity contribution is 6.02. The lowest BCUT2D eigenvalue weighted by molar-refractivity contribution is 0.100. The lowest BCUT2D eigenvalue weighted by Gasteiger charge is -2.21. The molecule has 2 atom stereocenters. The molecule has 0 aliphatic heterocycles. The van der Waals surface area contributed by atoms with Gasteiger partial charge in [-0.1, -0.05) is 36.4 Å². The van der Waals surface area contributed by atoms with Crippen molar-refractivity contribution in [1.29, 1.82) is 0 Å². The summed E-state index contributed by atoms with van der Waals surface area (Å²) in [6.45, 7) is 3.98. The highest BCUT2D eigenvalue weighted by Crippen LogP contribution is 2.15. The number of nitrogens with zero attached hydrogens (tertiary/aromatic N) is 1. The minimum Gasteiger partial charge on any atom is -0.352 e. The second-order valence-electron chi connectivity index (χ2n) is 8.15. The zero-order chi connectivity index (χ0) is 24.7. The zero-order valence-electron chi connectivity index (χ0n) is 19.2. The molecule has 2 unspecified atom stereocenters. The number of nitrogens with two attached hydrogens (primary N) is 2. The number of nitrogens with one attached hydrogen (secondary N) is 2. The Morgan fingerprint density at radius 1 is 0.971 bits per heavy atom. The topological polar surface area (TPSA) is 106 Å². The van der Waals surface area contributed by atoms with Crippen LogP contribution in [0.25, 0.3) is 0 Å². The Hall–Kier alpha value is -3.62. The summed E-state index contributed by atoms with van der Waals surface area (Å²) in [5, 5.41) is 6.14. The Labute approximate surface area is 198 Å². The maximum Gasteiger partial charge on any atom is 0.280 e. The maximum atomic E-state index is 13.6. The number of halogens is 2. The second-order valence-corrected chi connectivity index (χ2v) is 8.15. The molecular weight excluding hydrogens is 436 g/mol. The molecule has 1 amide bonds. The SMILES string of the molecule is Cc1cc(C(=O)/N=C(/NCc2ccccc2C)NC(N)CC(N)c2ccc(F)cc2)ccc1F. The molecule has 0 saturated heterocycles. The van der Waals surface area contributed by atoms with Crippen LogP contribution in [0.3, 0.4) is 0 Å². The summed E-state index contributed by atoms with van der Waals surface area (Å²) in [4.78, 5) is 16.9. The fraction of sp³-hybridized carbons (Fsp3) is 0.231. The van der Waals surface area contributed by atoms with Gasteiger partial charge in [0.2, 0.25) is 5.96 Å². The average molecular weight is 466 g/mol. The van der Waals surface area contributed by atoms with Crippen LogP contribution in [0.15, 0.2) is 71.7 Å². The first-order valence-electron chi connectivity index (χ1n) is 10.9. The van der Waals surface area contributed by atoms with Gasteiger partial charge in [-0.25, -0.2) is 8.78 Å². The fourth-order valence-electron chi connectivity index (χ4n) is 3.41. The van der Waals surface area contributed by atoms with Gasteiger partial charge in [0.05, 0.1) is 6.17 Å². The maximum absolute atomic E-state index is 13.6. The van der Waals surface area contributed by atoms with E-state index in [-0.39, 0.29) is 17.3 Å². The number of hydrogen-bond donors (Lipinski definition) is 4. The Morgan fingerprint density at radius 2 is 1.68 bits per heavy atom. The number of benzene rings is 3. The van der Waals surface area contributed by atoms with Gasteiger partial charge in [-0.3, -0.25) is 4.79 Å². The van der Waals surface area contributed by atoms with E-state index < -0.39 is 23.9 Å². The van der Waals surface area contributed by atoms with E-state index in [4.69, 9.17) is 11.5 Å². The Balaban J connectivity index is 1.76.